The van der Waals surface area contributed by atoms with Crippen LogP contribution in [0.4, 0.5) is 0 Å². The molecular weight excluding hydrogens is 396 g/mol. The lowest BCUT2D eigenvalue weighted by Gasteiger charge is -2.21. The predicted molar refractivity (Wildman–Crippen MR) is 92.7 cm³/mol. The monoisotopic (exact) mass is 412 g/mol. The number of rotatable bonds is 4. The first-order valence-corrected chi connectivity index (χ1v) is 8.24. The standard InChI is InChI=1S/C16H18Br2N2O/c1-16(2,3)20-8-11-6-12(17)4-5-15(11)21-14-7-13(18)9-19-10-14/h4-7,9-10,20H,8H2,1-3H3. The Balaban J connectivity index is 2.22. The molecule has 3 nitrogen and oxygen atoms in total. The molecule has 112 valence electrons. The van der Waals surface area contributed by atoms with E-state index in [1.165, 1.54) is 0 Å². The van der Waals surface area contributed by atoms with E-state index in [-0.39, 0.29) is 5.54 Å². The van der Waals surface area contributed by atoms with E-state index in [1.807, 2.05) is 18.2 Å². The number of halogens is 2. The molecule has 0 saturated heterocycles. The van der Waals surface area contributed by atoms with Gasteiger partial charge in [0.25, 0.3) is 0 Å². The lowest BCUT2D eigenvalue weighted by Crippen LogP contribution is -2.35. The molecule has 0 aliphatic rings. The lowest BCUT2D eigenvalue weighted by molar-refractivity contribution is 0.414. The maximum atomic E-state index is 5.96. The van der Waals surface area contributed by atoms with Gasteiger partial charge in [-0.05, 0) is 61.0 Å². The van der Waals surface area contributed by atoms with Gasteiger partial charge in [0.1, 0.15) is 11.5 Å². The highest BCUT2D eigenvalue weighted by Gasteiger charge is 2.12. The third kappa shape index (κ3) is 5.41. The third-order valence-electron chi connectivity index (χ3n) is 2.74. The third-order valence-corrected chi connectivity index (χ3v) is 3.67. The van der Waals surface area contributed by atoms with E-state index in [1.54, 1.807) is 12.4 Å². The minimum absolute atomic E-state index is 0.0525. The maximum Gasteiger partial charge on any atom is 0.146 e. The van der Waals surface area contributed by atoms with Gasteiger partial charge in [-0.25, -0.2) is 0 Å². The second-order valence-electron chi connectivity index (χ2n) is 5.80. The Morgan fingerprint density at radius 2 is 1.86 bits per heavy atom. The van der Waals surface area contributed by atoms with Gasteiger partial charge in [0, 0.05) is 32.8 Å². The zero-order chi connectivity index (χ0) is 15.5. The molecule has 1 aromatic heterocycles. The molecule has 2 aromatic rings. The number of hydrogen-bond donors (Lipinski definition) is 1. The second-order valence-corrected chi connectivity index (χ2v) is 7.63. The van der Waals surface area contributed by atoms with E-state index >= 15 is 0 Å². The normalized spacial score (nSPS) is 11.5. The Bertz CT molecular complexity index is 624. The molecule has 0 unspecified atom stereocenters. The number of benzene rings is 1. The molecular formula is C16H18Br2N2O. The van der Waals surface area contributed by atoms with Gasteiger partial charge in [-0.15, -0.1) is 0 Å². The van der Waals surface area contributed by atoms with Gasteiger partial charge < -0.3 is 10.1 Å². The van der Waals surface area contributed by atoms with E-state index in [4.69, 9.17) is 4.74 Å². The Labute approximate surface area is 142 Å². The summed E-state index contributed by atoms with van der Waals surface area (Å²) in [7, 11) is 0. The maximum absolute atomic E-state index is 5.96. The van der Waals surface area contributed by atoms with Gasteiger partial charge >= 0.3 is 0 Å². The zero-order valence-electron chi connectivity index (χ0n) is 12.3. The van der Waals surface area contributed by atoms with Crippen molar-refractivity contribution in [3.05, 3.63) is 51.2 Å². The molecule has 0 aliphatic carbocycles. The first kappa shape index (κ1) is 16.5. The number of aromatic nitrogens is 1. The first-order chi connectivity index (χ1) is 9.83. The molecule has 0 radical (unpaired) electrons. The van der Waals surface area contributed by atoms with Crippen LogP contribution in [0.15, 0.2) is 45.6 Å². The average Bonchev–Trinajstić information content (AvgIpc) is 2.38. The van der Waals surface area contributed by atoms with Gasteiger partial charge in [-0.1, -0.05) is 15.9 Å². The molecule has 0 fully saturated rings. The Hall–Kier alpha value is -0.910. The van der Waals surface area contributed by atoms with E-state index in [0.717, 1.165) is 26.8 Å². The van der Waals surface area contributed by atoms with Gasteiger partial charge in [-0.2, -0.15) is 0 Å². The fourth-order valence-electron chi connectivity index (χ4n) is 1.72. The average molecular weight is 414 g/mol. The molecule has 0 aliphatic heterocycles. The van der Waals surface area contributed by atoms with Crippen molar-refractivity contribution in [3.63, 3.8) is 0 Å². The van der Waals surface area contributed by atoms with Crippen molar-refractivity contribution in [1.29, 1.82) is 0 Å². The van der Waals surface area contributed by atoms with Gasteiger partial charge in [-0.3, -0.25) is 4.98 Å². The summed E-state index contributed by atoms with van der Waals surface area (Å²) in [6.45, 7) is 7.16. The fourth-order valence-corrected chi connectivity index (χ4v) is 2.47. The van der Waals surface area contributed by atoms with Gasteiger partial charge in [0.15, 0.2) is 0 Å². The molecule has 5 heteroatoms. The summed E-state index contributed by atoms with van der Waals surface area (Å²) in [6, 6.07) is 7.90. The minimum atomic E-state index is 0.0525. The van der Waals surface area contributed by atoms with Crippen molar-refractivity contribution in [1.82, 2.24) is 10.3 Å². The summed E-state index contributed by atoms with van der Waals surface area (Å²) in [5.41, 5.74) is 1.15. The topological polar surface area (TPSA) is 34.1 Å². The fraction of sp³-hybridized carbons (Fsp3) is 0.312. The Morgan fingerprint density at radius 3 is 2.52 bits per heavy atom. The molecule has 21 heavy (non-hydrogen) atoms. The first-order valence-electron chi connectivity index (χ1n) is 6.65. The summed E-state index contributed by atoms with van der Waals surface area (Å²) in [5.74, 6) is 1.54. The second kappa shape index (κ2) is 6.90. The largest absolute Gasteiger partial charge is 0.455 e. The molecule has 0 bridgehead atoms. The highest BCUT2D eigenvalue weighted by Crippen LogP contribution is 2.29. The minimum Gasteiger partial charge on any atom is -0.455 e. The predicted octanol–water partition coefficient (Wildman–Crippen LogP) is 5.29. The van der Waals surface area contributed by atoms with Gasteiger partial charge in [0.05, 0.1) is 6.20 Å². The molecule has 1 heterocycles. The zero-order valence-corrected chi connectivity index (χ0v) is 15.5. The van der Waals surface area contributed by atoms with Crippen molar-refractivity contribution < 1.29 is 4.74 Å². The van der Waals surface area contributed by atoms with Crippen molar-refractivity contribution in [2.45, 2.75) is 32.9 Å². The SMILES string of the molecule is CC(C)(C)NCc1cc(Br)ccc1Oc1cncc(Br)c1. The van der Waals surface area contributed by atoms with Crippen LogP contribution in [0.1, 0.15) is 26.3 Å². The van der Waals surface area contributed by atoms with Crippen LogP contribution in [0.25, 0.3) is 0 Å². The summed E-state index contributed by atoms with van der Waals surface area (Å²) in [6.07, 6.45) is 3.43. The van der Waals surface area contributed by atoms with E-state index in [0.29, 0.717) is 5.75 Å². The lowest BCUT2D eigenvalue weighted by atomic mass is 10.1. The number of ether oxygens (including phenoxy) is 1. The summed E-state index contributed by atoms with van der Waals surface area (Å²) in [5, 5.41) is 3.48. The Kier molecular flexibility index (Phi) is 5.41. The van der Waals surface area contributed by atoms with Crippen LogP contribution in [0.3, 0.4) is 0 Å². The van der Waals surface area contributed by atoms with Crippen LogP contribution in [0.2, 0.25) is 0 Å². The number of hydrogen-bond acceptors (Lipinski definition) is 3. The van der Waals surface area contributed by atoms with Crippen LogP contribution in [-0.2, 0) is 6.54 Å². The van der Waals surface area contributed by atoms with Crippen molar-refractivity contribution in [2.24, 2.45) is 0 Å². The summed E-state index contributed by atoms with van der Waals surface area (Å²) < 4.78 is 7.89. The highest BCUT2D eigenvalue weighted by atomic mass is 79.9. The van der Waals surface area contributed by atoms with E-state index in [9.17, 15) is 0 Å². The van der Waals surface area contributed by atoms with Crippen LogP contribution < -0.4 is 10.1 Å². The summed E-state index contributed by atoms with van der Waals surface area (Å²) >= 11 is 6.91. The molecule has 0 spiro atoms. The number of nitrogens with zero attached hydrogens (tertiary/aromatic N) is 1. The molecule has 1 N–H and O–H groups in total. The molecule has 0 saturated carbocycles. The Morgan fingerprint density at radius 1 is 1.10 bits per heavy atom. The van der Waals surface area contributed by atoms with Crippen molar-refractivity contribution in [3.8, 4) is 11.5 Å². The smallest absolute Gasteiger partial charge is 0.146 e. The molecule has 1 aromatic carbocycles. The van der Waals surface area contributed by atoms with Crippen LogP contribution >= 0.6 is 31.9 Å². The van der Waals surface area contributed by atoms with Crippen molar-refractivity contribution in [2.75, 3.05) is 0 Å². The number of nitrogens with one attached hydrogen (secondary N) is 1. The van der Waals surface area contributed by atoms with Crippen LogP contribution in [0, 0.1) is 0 Å². The van der Waals surface area contributed by atoms with Crippen molar-refractivity contribution >= 4 is 31.9 Å². The molecule has 0 amide bonds. The van der Waals surface area contributed by atoms with Crippen LogP contribution in [0.5, 0.6) is 11.5 Å². The highest BCUT2D eigenvalue weighted by molar-refractivity contribution is 9.10. The summed E-state index contributed by atoms with van der Waals surface area (Å²) in [4.78, 5) is 4.12. The molecule has 0 atom stereocenters. The molecule has 2 rings (SSSR count). The van der Waals surface area contributed by atoms with E-state index in [2.05, 4.69) is 69.0 Å². The van der Waals surface area contributed by atoms with E-state index < -0.39 is 0 Å². The quantitative estimate of drug-likeness (QED) is 0.739. The number of pyridine rings is 1. The van der Waals surface area contributed by atoms with Gasteiger partial charge in [0.2, 0.25) is 0 Å². The van der Waals surface area contributed by atoms with Crippen LogP contribution in [-0.4, -0.2) is 10.5 Å².